The zero-order chi connectivity index (χ0) is 47.2. The highest BCUT2D eigenvalue weighted by Gasteiger charge is 2.47. The van der Waals surface area contributed by atoms with Crippen molar-refractivity contribution in [2.45, 2.75) is 41.5 Å². The second kappa shape index (κ2) is 19.5. The Balaban J connectivity index is 1.96. The fourth-order valence-corrected chi connectivity index (χ4v) is 23.7. The van der Waals surface area contributed by atoms with Gasteiger partial charge >= 0.3 is 0 Å². The molecule has 6 N–H and O–H groups in total. The monoisotopic (exact) mass is 939 g/mol. The molecule has 18 heteroatoms. The Morgan fingerprint density at radius 2 is 0.409 bits per heavy atom. The Hall–Kier alpha value is -7.17. The van der Waals surface area contributed by atoms with Crippen molar-refractivity contribution < 1.29 is 28.8 Å². The second-order valence-electron chi connectivity index (χ2n) is 15.3. The number of rotatable bonds is 12. The van der Waals surface area contributed by atoms with Crippen molar-refractivity contribution in [1.82, 2.24) is 0 Å². The van der Waals surface area contributed by atoms with Crippen molar-refractivity contribution in [2.24, 2.45) is 13.5 Å². The first-order valence-electron chi connectivity index (χ1n) is 20.7. The van der Waals surface area contributed by atoms with E-state index >= 15 is 0 Å². The Bertz CT molecular complexity index is 2610. The molecule has 0 spiro atoms. The van der Waals surface area contributed by atoms with Crippen LogP contribution in [0.2, 0.25) is 0 Å². The maximum atomic E-state index is 13.2. The number of benzene rings is 6. The Morgan fingerprint density at radius 3 is 0.545 bits per heavy atom. The summed E-state index contributed by atoms with van der Waals surface area (Å²) >= 11 is 0. The third-order valence-electron chi connectivity index (χ3n) is 10.1. The third-order valence-corrected chi connectivity index (χ3v) is 22.7. The molecule has 0 aliphatic carbocycles. The number of anilines is 6. The van der Waals surface area contributed by atoms with Crippen LogP contribution in [0.1, 0.15) is 41.5 Å². The van der Waals surface area contributed by atoms with Gasteiger partial charge in [0, 0.05) is 73.4 Å². The van der Waals surface area contributed by atoms with Gasteiger partial charge in [-0.3, -0.25) is 28.8 Å². The molecule has 0 atom stereocenters. The summed E-state index contributed by atoms with van der Waals surface area (Å²) < 4.78 is 18.5. The summed E-state index contributed by atoms with van der Waals surface area (Å²) in [5.41, 5.74) is 2.23. The number of nitrogens with zero attached hydrogens (tertiary/aromatic N) is 3. The number of hydrogen-bond acceptors (Lipinski definition) is 9. The number of carbonyl (C=O) groups is 6. The van der Waals surface area contributed by atoms with Gasteiger partial charge in [-0.2, -0.15) is 0 Å². The maximum absolute atomic E-state index is 13.2. The molecular weight excluding hydrogens is 892 g/mol. The van der Waals surface area contributed by atoms with Gasteiger partial charge < -0.3 is 31.9 Å². The van der Waals surface area contributed by atoms with E-state index in [9.17, 15) is 28.8 Å². The number of amides is 6. The molecule has 0 bridgehead atoms. The van der Waals surface area contributed by atoms with E-state index < -0.39 is 21.6 Å². The molecule has 0 unspecified atom stereocenters. The van der Waals surface area contributed by atoms with Crippen LogP contribution in [0, 0.1) is 0 Å². The summed E-state index contributed by atoms with van der Waals surface area (Å²) in [4.78, 5) is 79.5. The molecule has 66 heavy (non-hydrogen) atoms. The van der Waals surface area contributed by atoms with Crippen LogP contribution in [0.15, 0.2) is 159 Å². The molecule has 15 nitrogen and oxygen atoms in total. The van der Waals surface area contributed by atoms with Gasteiger partial charge in [0.2, 0.25) is 35.4 Å². The maximum Gasteiger partial charge on any atom is 0.221 e. The summed E-state index contributed by atoms with van der Waals surface area (Å²) in [7, 11) is -12.1. The van der Waals surface area contributed by atoms with Gasteiger partial charge in [0.25, 0.3) is 0 Å². The molecule has 1 heterocycles. The minimum absolute atomic E-state index is 0.372. The van der Waals surface area contributed by atoms with E-state index in [1.165, 1.54) is 41.5 Å². The summed E-state index contributed by atoms with van der Waals surface area (Å²) in [5.74, 6) is -2.26. The fraction of sp³-hybridized carbons (Fsp3) is 0.125. The van der Waals surface area contributed by atoms with Crippen molar-refractivity contribution in [3.8, 4) is 0 Å². The van der Waals surface area contributed by atoms with Gasteiger partial charge in [0.1, 0.15) is 21.6 Å². The summed E-state index contributed by atoms with van der Waals surface area (Å²) in [6, 6.07) is 43.1. The van der Waals surface area contributed by atoms with Gasteiger partial charge in [-0.15, -0.1) is 0 Å². The number of para-hydroxylation sites is 6. The van der Waals surface area contributed by atoms with Crippen LogP contribution in [-0.4, -0.2) is 35.4 Å². The Morgan fingerprint density at radius 1 is 0.273 bits per heavy atom. The normalized spacial score (nSPS) is 14.1. The molecule has 6 aromatic carbocycles. The molecule has 6 aromatic rings. The van der Waals surface area contributed by atoms with Gasteiger partial charge in [-0.1, -0.05) is 72.8 Å². The highest BCUT2D eigenvalue weighted by molar-refractivity contribution is 8.00. The largest absolute Gasteiger partial charge is 0.326 e. The number of hydrogen-bond donors (Lipinski definition) is 6. The first-order chi connectivity index (χ1) is 31.6. The van der Waals surface area contributed by atoms with Gasteiger partial charge in [0.05, 0.1) is 34.1 Å². The second-order valence-corrected chi connectivity index (χ2v) is 23.9. The molecule has 336 valence electrons. The highest BCUT2D eigenvalue weighted by atomic mass is 31.3. The zero-order valence-electron chi connectivity index (χ0n) is 37.0. The van der Waals surface area contributed by atoms with Crippen LogP contribution < -0.4 is 63.7 Å². The zero-order valence-corrected chi connectivity index (χ0v) is 39.7. The first kappa shape index (κ1) is 46.8. The topological polar surface area (TPSA) is 212 Å². The van der Waals surface area contributed by atoms with E-state index in [2.05, 4.69) is 31.9 Å². The average molecular weight is 940 g/mol. The van der Waals surface area contributed by atoms with Crippen molar-refractivity contribution in [3.63, 3.8) is 0 Å². The van der Waals surface area contributed by atoms with Gasteiger partial charge in [0.15, 0.2) is 0 Å². The summed E-state index contributed by atoms with van der Waals surface area (Å²) in [6.45, 7) is 8.37. The van der Waals surface area contributed by atoms with Crippen LogP contribution in [-0.2, 0) is 28.8 Å². The van der Waals surface area contributed by atoms with E-state index in [1.54, 1.807) is 72.8 Å². The van der Waals surface area contributed by atoms with Gasteiger partial charge in [-0.25, -0.2) is 13.5 Å². The third kappa shape index (κ3) is 9.46. The molecule has 1 aliphatic rings. The smallest absolute Gasteiger partial charge is 0.221 e. The molecule has 0 fully saturated rings. The molecule has 0 saturated heterocycles. The number of carbonyl (C=O) groups excluding carboxylic acids is 6. The molecule has 0 saturated carbocycles. The van der Waals surface area contributed by atoms with E-state index in [-0.39, 0.29) is 35.4 Å². The van der Waals surface area contributed by atoms with E-state index in [0.717, 1.165) is 0 Å². The average Bonchev–Trinajstić information content (AvgIpc) is 3.26. The minimum Gasteiger partial charge on any atom is -0.326 e. The standard InChI is InChI=1S/C48H48N9O6P3/c1-31(58)49-37-19-7-13-25-43(37)64(44-26-14-8-20-38(44)50-32(2)59)55-65(45-27-15-9-21-39(45)51-33(3)60,46-28-16-10-22-40(46)52-34(4)61)57-66(56-64,47-29-17-11-23-41(47)53-35(5)62)48-30-18-12-24-42(48)54-36(6)63/h7-30H,1-6H3,(H,49,58)(H,50,59)(H,51,60)(H,52,61)(H,53,62)(H,54,63). The molecule has 6 amide bonds. The fourth-order valence-electron chi connectivity index (χ4n) is 7.83. The minimum atomic E-state index is -4.03. The van der Waals surface area contributed by atoms with Crippen LogP contribution in [0.25, 0.3) is 0 Å². The lowest BCUT2D eigenvalue weighted by molar-refractivity contribution is -0.115. The van der Waals surface area contributed by atoms with Crippen molar-refractivity contribution in [2.75, 3.05) is 31.9 Å². The molecule has 0 radical (unpaired) electrons. The first-order valence-corrected chi connectivity index (χ1v) is 25.8. The Kier molecular flexibility index (Phi) is 13.8. The van der Waals surface area contributed by atoms with E-state index in [4.69, 9.17) is 13.5 Å². The lowest BCUT2D eigenvalue weighted by Gasteiger charge is -2.40. The van der Waals surface area contributed by atoms with Crippen LogP contribution >= 0.6 is 21.6 Å². The molecule has 1 aliphatic heterocycles. The summed E-state index contributed by atoms with van der Waals surface area (Å²) in [5, 5.41) is 21.1. The predicted molar refractivity (Wildman–Crippen MR) is 270 cm³/mol. The van der Waals surface area contributed by atoms with E-state index in [1.807, 2.05) is 72.8 Å². The molecule has 7 rings (SSSR count). The lowest BCUT2D eigenvalue weighted by Crippen LogP contribution is -2.30. The van der Waals surface area contributed by atoms with Crippen molar-refractivity contribution in [3.05, 3.63) is 146 Å². The number of nitrogens with one attached hydrogen (secondary N) is 6. The Labute approximate surface area is 382 Å². The molecular formula is C48H48N9O6P3. The van der Waals surface area contributed by atoms with Crippen LogP contribution in [0.3, 0.4) is 0 Å². The summed E-state index contributed by atoms with van der Waals surface area (Å²) in [6.07, 6.45) is 0. The SMILES string of the molecule is CC(=O)Nc1ccccc1P1(c2ccccc2NC(C)=O)=NP(c2ccccc2NC(C)=O)(c2ccccc2NC(C)=O)=NP(c2ccccc2NC(C)=O)(c2ccccc2NC(C)=O)=N1. The lowest BCUT2D eigenvalue weighted by atomic mass is 10.3. The quantitative estimate of drug-likeness (QED) is 0.0668. The van der Waals surface area contributed by atoms with Crippen molar-refractivity contribution in [1.29, 1.82) is 0 Å². The highest BCUT2D eigenvalue weighted by Crippen LogP contribution is 2.78. The van der Waals surface area contributed by atoms with Gasteiger partial charge in [-0.05, 0) is 72.8 Å². The van der Waals surface area contributed by atoms with Crippen molar-refractivity contribution >= 4 is 123 Å². The van der Waals surface area contributed by atoms with Crippen LogP contribution in [0.4, 0.5) is 34.1 Å². The molecule has 0 aromatic heterocycles. The predicted octanol–water partition coefficient (Wildman–Crippen LogP) is 8.05. The van der Waals surface area contributed by atoms with E-state index in [0.29, 0.717) is 66.0 Å². The van der Waals surface area contributed by atoms with Crippen LogP contribution in [0.5, 0.6) is 0 Å².